The molecule has 122 valence electrons. The average Bonchev–Trinajstić information content (AvgIpc) is 3.17. The van der Waals surface area contributed by atoms with Gasteiger partial charge in [-0.05, 0) is 23.8 Å². The van der Waals surface area contributed by atoms with Gasteiger partial charge < -0.3 is 14.4 Å². The predicted molar refractivity (Wildman–Crippen MR) is 85.0 cm³/mol. The van der Waals surface area contributed by atoms with E-state index < -0.39 is 11.9 Å². The number of amides is 1. The summed E-state index contributed by atoms with van der Waals surface area (Å²) in [5.41, 5.74) is 0.573. The minimum atomic E-state index is -0.837. The number of aromatic nitrogens is 1. The number of nitrogens with zero attached hydrogens (tertiary/aromatic N) is 2. The Bertz CT molecular complexity index is 695. The summed E-state index contributed by atoms with van der Waals surface area (Å²) in [6.07, 6.45) is 2.24. The minimum absolute atomic E-state index is 0.103. The van der Waals surface area contributed by atoms with Crippen LogP contribution < -0.4 is 0 Å². The molecule has 2 aromatic rings. The van der Waals surface area contributed by atoms with Crippen LogP contribution in [0.2, 0.25) is 0 Å². The van der Waals surface area contributed by atoms with Crippen molar-refractivity contribution >= 4 is 23.2 Å². The van der Waals surface area contributed by atoms with Crippen molar-refractivity contribution in [3.8, 4) is 10.8 Å². The highest BCUT2D eigenvalue weighted by molar-refractivity contribution is 7.13. The highest BCUT2D eigenvalue weighted by Crippen LogP contribution is 2.25. The van der Waals surface area contributed by atoms with Gasteiger partial charge in [0.2, 0.25) is 11.8 Å². The zero-order valence-electron chi connectivity index (χ0n) is 12.8. The van der Waals surface area contributed by atoms with Crippen molar-refractivity contribution in [1.29, 1.82) is 0 Å². The van der Waals surface area contributed by atoms with Crippen LogP contribution in [0.3, 0.4) is 0 Å². The molecular weight excluding hydrogens is 316 g/mol. The zero-order valence-corrected chi connectivity index (χ0v) is 13.6. The van der Waals surface area contributed by atoms with E-state index in [1.807, 2.05) is 24.4 Å². The minimum Gasteiger partial charge on any atom is -0.481 e. The average molecular weight is 334 g/mol. The molecule has 7 heteroatoms. The van der Waals surface area contributed by atoms with Gasteiger partial charge in [-0.25, -0.2) is 4.98 Å². The largest absolute Gasteiger partial charge is 0.481 e. The fraction of sp³-hybridized carbons (Fsp3) is 0.438. The summed E-state index contributed by atoms with van der Waals surface area (Å²) in [5, 5.41) is 11.1. The molecule has 23 heavy (non-hydrogen) atoms. The number of piperidine rings is 1. The maximum absolute atomic E-state index is 12.4. The van der Waals surface area contributed by atoms with Crippen molar-refractivity contribution in [1.82, 2.24) is 9.88 Å². The first kappa shape index (κ1) is 15.7. The van der Waals surface area contributed by atoms with Crippen molar-refractivity contribution in [3.63, 3.8) is 0 Å². The number of carbonyl (C=O) groups excluding carboxylic acids is 1. The SMILES string of the molecule is CC1CC(C(=O)O)CN(C(=O)Cc2coc(-c3cccs3)n2)C1. The standard InChI is InChI=1S/C16H18N2O4S/c1-10-5-11(16(20)21)8-18(7-10)14(19)6-12-9-22-15(17-12)13-3-2-4-23-13/h2-4,9-11H,5-8H2,1H3,(H,20,21). The molecule has 2 unspecified atom stereocenters. The molecule has 0 bridgehead atoms. The second kappa shape index (κ2) is 6.54. The lowest BCUT2D eigenvalue weighted by Crippen LogP contribution is -2.46. The van der Waals surface area contributed by atoms with E-state index in [0.29, 0.717) is 24.6 Å². The molecule has 3 rings (SSSR count). The fourth-order valence-electron chi connectivity index (χ4n) is 2.90. The monoisotopic (exact) mass is 334 g/mol. The van der Waals surface area contributed by atoms with Crippen LogP contribution >= 0.6 is 11.3 Å². The predicted octanol–water partition coefficient (Wildman–Crippen LogP) is 2.51. The van der Waals surface area contributed by atoms with Crippen molar-refractivity contribution in [2.45, 2.75) is 19.8 Å². The van der Waals surface area contributed by atoms with Gasteiger partial charge in [-0.3, -0.25) is 9.59 Å². The Morgan fingerprint density at radius 1 is 1.48 bits per heavy atom. The van der Waals surface area contributed by atoms with E-state index in [9.17, 15) is 14.7 Å². The lowest BCUT2D eigenvalue weighted by Gasteiger charge is -2.34. The van der Waals surface area contributed by atoms with E-state index >= 15 is 0 Å². The summed E-state index contributed by atoms with van der Waals surface area (Å²) in [4.78, 5) is 30.5. The van der Waals surface area contributed by atoms with E-state index in [0.717, 1.165) is 4.88 Å². The Morgan fingerprint density at radius 2 is 2.30 bits per heavy atom. The summed E-state index contributed by atoms with van der Waals surface area (Å²) in [6, 6.07) is 3.82. The van der Waals surface area contributed by atoms with E-state index in [-0.39, 0.29) is 24.8 Å². The van der Waals surface area contributed by atoms with Gasteiger partial charge in [-0.2, -0.15) is 0 Å². The van der Waals surface area contributed by atoms with Crippen LogP contribution in [0.1, 0.15) is 19.0 Å². The maximum Gasteiger partial charge on any atom is 0.308 e. The summed E-state index contributed by atoms with van der Waals surface area (Å²) in [5.74, 6) is -0.725. The number of hydrogen-bond acceptors (Lipinski definition) is 5. The molecule has 0 aliphatic carbocycles. The van der Waals surface area contributed by atoms with Gasteiger partial charge in [0.05, 0.1) is 22.9 Å². The number of rotatable bonds is 4. The molecule has 3 heterocycles. The normalized spacial score (nSPS) is 21.3. The van der Waals surface area contributed by atoms with Gasteiger partial charge in [-0.1, -0.05) is 13.0 Å². The number of likely N-dealkylation sites (tertiary alicyclic amines) is 1. The van der Waals surface area contributed by atoms with Crippen LogP contribution in [0, 0.1) is 11.8 Å². The quantitative estimate of drug-likeness (QED) is 0.929. The molecule has 1 aliphatic heterocycles. The third-order valence-electron chi connectivity index (χ3n) is 3.98. The number of carboxylic acid groups (broad SMARTS) is 1. The van der Waals surface area contributed by atoms with Crippen molar-refractivity contribution in [3.05, 3.63) is 29.5 Å². The molecule has 1 amide bonds. The number of thiophene rings is 1. The van der Waals surface area contributed by atoms with Gasteiger partial charge in [-0.15, -0.1) is 11.3 Å². The molecule has 1 fully saturated rings. The first-order valence-electron chi connectivity index (χ1n) is 7.51. The highest BCUT2D eigenvalue weighted by atomic mass is 32.1. The summed E-state index contributed by atoms with van der Waals surface area (Å²) < 4.78 is 5.41. The number of hydrogen-bond donors (Lipinski definition) is 1. The Labute approximate surface area is 137 Å². The van der Waals surface area contributed by atoms with Crippen LogP contribution in [0.25, 0.3) is 10.8 Å². The van der Waals surface area contributed by atoms with E-state index in [1.165, 1.54) is 17.6 Å². The van der Waals surface area contributed by atoms with Crippen molar-refractivity contribution < 1.29 is 19.1 Å². The van der Waals surface area contributed by atoms with Gasteiger partial charge in [0.1, 0.15) is 6.26 Å². The topological polar surface area (TPSA) is 83.6 Å². The Kier molecular flexibility index (Phi) is 4.47. The van der Waals surface area contributed by atoms with Gasteiger partial charge in [0.25, 0.3) is 0 Å². The van der Waals surface area contributed by atoms with Crippen molar-refractivity contribution in [2.75, 3.05) is 13.1 Å². The van der Waals surface area contributed by atoms with Crippen LogP contribution in [0.15, 0.2) is 28.2 Å². The van der Waals surface area contributed by atoms with Gasteiger partial charge in [0, 0.05) is 13.1 Å². The molecular formula is C16H18N2O4S. The van der Waals surface area contributed by atoms with Crippen LogP contribution in [0.5, 0.6) is 0 Å². The highest BCUT2D eigenvalue weighted by Gasteiger charge is 2.32. The summed E-state index contributed by atoms with van der Waals surface area (Å²) >= 11 is 1.52. The van der Waals surface area contributed by atoms with Gasteiger partial charge >= 0.3 is 5.97 Å². The molecule has 0 aromatic carbocycles. The van der Waals surface area contributed by atoms with E-state index in [1.54, 1.807) is 4.90 Å². The van der Waals surface area contributed by atoms with Crippen LogP contribution in [-0.4, -0.2) is 40.0 Å². The molecule has 1 N–H and O–H groups in total. The molecule has 6 nitrogen and oxygen atoms in total. The third kappa shape index (κ3) is 3.61. The number of aliphatic carboxylic acids is 1. The fourth-order valence-corrected chi connectivity index (χ4v) is 3.56. The lowest BCUT2D eigenvalue weighted by molar-refractivity contribution is -0.146. The first-order valence-corrected chi connectivity index (χ1v) is 8.39. The molecule has 2 aromatic heterocycles. The molecule has 1 aliphatic rings. The first-order chi connectivity index (χ1) is 11.0. The van der Waals surface area contributed by atoms with E-state index in [2.05, 4.69) is 4.98 Å². The summed E-state index contributed by atoms with van der Waals surface area (Å²) in [7, 11) is 0. The van der Waals surface area contributed by atoms with E-state index in [4.69, 9.17) is 4.42 Å². The molecule has 0 radical (unpaired) electrons. The van der Waals surface area contributed by atoms with Crippen LogP contribution in [0.4, 0.5) is 0 Å². The third-order valence-corrected chi connectivity index (χ3v) is 4.84. The molecule has 0 spiro atoms. The molecule has 1 saturated heterocycles. The van der Waals surface area contributed by atoms with Gasteiger partial charge in [0.15, 0.2) is 0 Å². The molecule has 0 saturated carbocycles. The second-order valence-corrected chi connectivity index (χ2v) is 6.92. The summed E-state index contributed by atoms with van der Waals surface area (Å²) in [6.45, 7) is 2.84. The Morgan fingerprint density at radius 3 is 3.00 bits per heavy atom. The Balaban J connectivity index is 1.66. The van der Waals surface area contributed by atoms with Crippen LogP contribution in [-0.2, 0) is 16.0 Å². The Hall–Kier alpha value is -2.15. The lowest BCUT2D eigenvalue weighted by atomic mass is 9.90. The second-order valence-electron chi connectivity index (χ2n) is 5.97. The number of carboxylic acids is 1. The zero-order chi connectivity index (χ0) is 16.4. The number of carbonyl (C=O) groups is 2. The number of oxazole rings is 1. The smallest absolute Gasteiger partial charge is 0.308 e. The maximum atomic E-state index is 12.4. The van der Waals surface area contributed by atoms with Crippen molar-refractivity contribution in [2.24, 2.45) is 11.8 Å². The molecule has 2 atom stereocenters.